The summed E-state index contributed by atoms with van der Waals surface area (Å²) in [6, 6.07) is 10.7. The molecule has 1 aromatic rings. The minimum Gasteiger partial charge on any atom is -0.456 e. The minimum atomic E-state index is -0.518. The van der Waals surface area contributed by atoms with Crippen molar-refractivity contribution in [2.24, 2.45) is 56.7 Å². The second-order valence-corrected chi connectivity index (χ2v) is 22.6. The third-order valence-corrected chi connectivity index (χ3v) is 19.0. The summed E-state index contributed by atoms with van der Waals surface area (Å²) in [6.07, 6.45) is 14.8. The number of carbonyl (C=O) groups excluding carboxylic acids is 2. The van der Waals surface area contributed by atoms with Crippen molar-refractivity contribution in [3.63, 3.8) is 0 Å². The van der Waals surface area contributed by atoms with Gasteiger partial charge in [0.1, 0.15) is 16.5 Å². The van der Waals surface area contributed by atoms with Crippen molar-refractivity contribution in [2.45, 2.75) is 139 Å². The van der Waals surface area contributed by atoms with Crippen LogP contribution in [0.1, 0.15) is 149 Å². The van der Waals surface area contributed by atoms with E-state index in [1.165, 1.54) is 42.4 Å². The average Bonchev–Trinajstić information content (AvgIpc) is 3.74. The molecule has 52 heavy (non-hydrogen) atoms. The van der Waals surface area contributed by atoms with Crippen LogP contribution in [-0.2, 0) is 9.53 Å². The van der Waals surface area contributed by atoms with Gasteiger partial charge in [0.15, 0.2) is 5.78 Å². The lowest BCUT2D eigenvalue weighted by molar-refractivity contribution is -0.223. The number of ketones is 1. The maximum absolute atomic E-state index is 14.9. The van der Waals surface area contributed by atoms with Crippen molar-refractivity contribution < 1.29 is 14.3 Å². The average molecular weight is 724 g/mol. The van der Waals surface area contributed by atoms with Crippen LogP contribution in [0.5, 0.6) is 0 Å². The Morgan fingerprint density at radius 3 is 2.17 bits per heavy atom. The molecular weight excluding hydrogens is 659 g/mol. The predicted molar refractivity (Wildman–Crippen MR) is 216 cm³/mol. The van der Waals surface area contributed by atoms with Gasteiger partial charge in [0.05, 0.1) is 5.56 Å². The van der Waals surface area contributed by atoms with Crippen molar-refractivity contribution in [2.75, 3.05) is 11.5 Å². The Morgan fingerprint density at radius 1 is 0.885 bits per heavy atom. The third kappa shape index (κ3) is 5.53. The highest BCUT2D eigenvalue weighted by Gasteiger charge is 2.71. The number of benzene rings is 1. The van der Waals surface area contributed by atoms with E-state index in [0.717, 1.165) is 56.5 Å². The molecule has 0 N–H and O–H groups in total. The van der Waals surface area contributed by atoms with Crippen LogP contribution in [0.4, 0.5) is 0 Å². The topological polar surface area (TPSA) is 67.2 Å². The summed E-state index contributed by atoms with van der Waals surface area (Å²) in [4.78, 5) is 28.3. The molecule has 4 saturated carbocycles. The van der Waals surface area contributed by atoms with E-state index in [0.29, 0.717) is 40.0 Å². The van der Waals surface area contributed by atoms with Gasteiger partial charge in [0, 0.05) is 5.41 Å². The molecule has 1 saturated heterocycles. The van der Waals surface area contributed by atoms with E-state index in [1.807, 2.05) is 32.9 Å². The smallest absolute Gasteiger partial charge is 0.338 e. The lowest BCUT2D eigenvalue weighted by Crippen LogP contribution is -2.66. The van der Waals surface area contributed by atoms with Crippen LogP contribution in [0, 0.1) is 68.0 Å². The van der Waals surface area contributed by atoms with Crippen LogP contribution < -0.4 is 0 Å². The van der Waals surface area contributed by atoms with Crippen molar-refractivity contribution in [1.82, 2.24) is 0 Å². The molecule has 5 fully saturated rings. The lowest BCUT2D eigenvalue weighted by atomic mass is 9.32. The van der Waals surface area contributed by atoms with E-state index in [-0.39, 0.29) is 49.3 Å². The first-order chi connectivity index (χ1) is 24.3. The molecule has 0 aromatic heterocycles. The number of allylic oxidation sites excluding steroid dienone is 3. The Kier molecular flexibility index (Phi) is 9.33. The molecule has 7 rings (SSSR count). The van der Waals surface area contributed by atoms with Gasteiger partial charge < -0.3 is 4.74 Å². The van der Waals surface area contributed by atoms with Gasteiger partial charge >= 0.3 is 5.97 Å². The summed E-state index contributed by atoms with van der Waals surface area (Å²) in [7, 11) is -0.153. The Bertz CT molecular complexity index is 1760. The SMILES string of the molecule is C=C(C)[C@@H]1CC[C@]2(C(=O)C(C#N)=S3CCCC3)CC[C@]3(C)[C@H](CC[C@@H]4[C@@]5(C)CC=C(c6ccc(C(=O)OC(C)(C)C)cc6)C(C)(C)[C@@H]5CC[C@]43C)[C@@H]12. The summed E-state index contributed by atoms with van der Waals surface area (Å²) in [5, 5.41) is 10.5. The monoisotopic (exact) mass is 723 g/mol. The van der Waals surface area contributed by atoms with Gasteiger partial charge in [-0.15, -0.1) is 0 Å². The number of rotatable bonds is 5. The molecule has 1 aliphatic heterocycles. The van der Waals surface area contributed by atoms with Crippen LogP contribution in [0.3, 0.4) is 0 Å². The van der Waals surface area contributed by atoms with E-state index >= 15 is 0 Å². The molecule has 4 nitrogen and oxygen atoms in total. The Balaban J connectivity index is 1.21. The maximum atomic E-state index is 14.9. The Labute approximate surface area is 317 Å². The Morgan fingerprint density at radius 2 is 1.56 bits per heavy atom. The fourth-order valence-electron chi connectivity index (χ4n) is 14.1. The van der Waals surface area contributed by atoms with Gasteiger partial charge in [-0.25, -0.2) is 4.79 Å². The van der Waals surface area contributed by atoms with Gasteiger partial charge in [-0.2, -0.15) is 15.7 Å². The van der Waals surface area contributed by atoms with Crippen molar-refractivity contribution in [3.05, 3.63) is 53.6 Å². The molecule has 0 radical (unpaired) electrons. The fraction of sp³-hybridized carbons (Fsp3) is 0.702. The lowest BCUT2D eigenvalue weighted by Gasteiger charge is -2.72. The highest BCUT2D eigenvalue weighted by Crippen LogP contribution is 2.78. The van der Waals surface area contributed by atoms with E-state index < -0.39 is 5.60 Å². The molecule has 0 unspecified atom stereocenters. The molecule has 6 aliphatic rings. The zero-order valence-electron chi connectivity index (χ0n) is 33.8. The summed E-state index contributed by atoms with van der Waals surface area (Å²) < 4.78 is 5.65. The van der Waals surface area contributed by atoms with Crippen LogP contribution in [0.15, 0.2) is 42.5 Å². The van der Waals surface area contributed by atoms with Gasteiger partial charge in [-0.05, 0) is 184 Å². The number of hydrogen-bond acceptors (Lipinski definition) is 4. The predicted octanol–water partition coefficient (Wildman–Crippen LogP) is 11.6. The third-order valence-electron chi connectivity index (χ3n) is 16.6. The van der Waals surface area contributed by atoms with Gasteiger partial charge in [-0.1, -0.05) is 65.0 Å². The number of esters is 1. The molecular formula is C47H65NO3S. The first-order valence-corrected chi connectivity index (χ1v) is 22.1. The molecule has 1 heterocycles. The number of hydrogen-bond donors (Lipinski definition) is 0. The van der Waals surface area contributed by atoms with E-state index in [1.54, 1.807) is 0 Å². The van der Waals surface area contributed by atoms with Crippen LogP contribution in [0.25, 0.3) is 5.57 Å². The largest absolute Gasteiger partial charge is 0.456 e. The van der Waals surface area contributed by atoms with E-state index in [2.05, 4.69) is 72.4 Å². The number of nitrogens with zero attached hydrogens (tertiary/aromatic N) is 1. The Hall–Kier alpha value is -2.45. The van der Waals surface area contributed by atoms with E-state index in [4.69, 9.17) is 4.74 Å². The van der Waals surface area contributed by atoms with Gasteiger partial charge in [0.2, 0.25) is 0 Å². The number of nitriles is 1. The normalized spacial score (nSPS) is 39.5. The quantitative estimate of drug-likeness (QED) is 0.172. The first-order valence-electron chi connectivity index (χ1n) is 20.5. The van der Waals surface area contributed by atoms with Gasteiger partial charge in [0.25, 0.3) is 0 Å². The highest BCUT2D eigenvalue weighted by atomic mass is 32.2. The highest BCUT2D eigenvalue weighted by molar-refractivity contribution is 8.17. The number of carbonyl (C=O) groups is 2. The molecule has 5 heteroatoms. The van der Waals surface area contributed by atoms with Crippen molar-refractivity contribution in [1.29, 1.82) is 5.26 Å². The minimum absolute atomic E-state index is 0.00525. The molecule has 0 amide bonds. The van der Waals surface area contributed by atoms with Crippen molar-refractivity contribution >= 4 is 32.7 Å². The summed E-state index contributed by atoms with van der Waals surface area (Å²) in [5.74, 6) is 4.37. The maximum Gasteiger partial charge on any atom is 0.338 e. The summed E-state index contributed by atoms with van der Waals surface area (Å²) in [6.45, 7) is 25.4. The molecule has 282 valence electrons. The van der Waals surface area contributed by atoms with Crippen LogP contribution >= 0.6 is 10.5 Å². The first kappa shape index (κ1) is 37.8. The molecule has 9 atom stereocenters. The number of Topliss-reactive ketones (excluding diaryl/α,β-unsaturated/α-hetero) is 1. The standard InChI is InChI=1S/C47H65NO3S/c1-30(2)33-19-24-47(40(49)36(29-48)52-27-11-12-28-52)26-25-45(9)35(39(33)47)17-18-38-44(8)22-20-34(43(6,7)37(44)21-23-46(38,45)10)31-13-15-32(16-14-31)41(50)51-42(3,4)5/h13-16,20,33,35,37-39H,1,11-12,17-19,21-28H2,2-10H3/t33-,35+,37-,38+,39+,44-,45+,46+,47-/m0/s1. The van der Waals surface area contributed by atoms with Gasteiger partial charge in [-0.3, -0.25) is 4.79 Å². The molecule has 1 aromatic carbocycles. The van der Waals surface area contributed by atoms with E-state index in [9.17, 15) is 14.9 Å². The second-order valence-electron chi connectivity index (χ2n) is 20.3. The number of ether oxygens (including phenoxy) is 1. The molecule has 0 spiro atoms. The second kappa shape index (κ2) is 12.8. The molecule has 0 bridgehead atoms. The summed E-state index contributed by atoms with van der Waals surface area (Å²) >= 11 is 0. The number of fused-ring (bicyclic) bond motifs is 7. The summed E-state index contributed by atoms with van der Waals surface area (Å²) in [5.41, 5.74) is 4.09. The van der Waals surface area contributed by atoms with Crippen LogP contribution in [0.2, 0.25) is 0 Å². The molecule has 5 aliphatic carbocycles. The zero-order chi connectivity index (χ0) is 37.6. The zero-order valence-corrected chi connectivity index (χ0v) is 34.6. The van der Waals surface area contributed by atoms with Crippen LogP contribution in [-0.4, -0.2) is 33.7 Å². The van der Waals surface area contributed by atoms with Crippen molar-refractivity contribution in [3.8, 4) is 6.07 Å². The fourth-order valence-corrected chi connectivity index (χ4v) is 16.4.